The van der Waals surface area contributed by atoms with E-state index in [-0.39, 0.29) is 22.8 Å². The summed E-state index contributed by atoms with van der Waals surface area (Å²) in [5, 5.41) is 10.3. The highest BCUT2D eigenvalue weighted by molar-refractivity contribution is 5.99. The molecule has 1 N–H and O–H groups in total. The number of carbonyl (C=O) groups excluding carboxylic acids is 4. The van der Waals surface area contributed by atoms with Gasteiger partial charge in [0.25, 0.3) is 0 Å². The summed E-state index contributed by atoms with van der Waals surface area (Å²) in [7, 11) is 2.45. The number of fused-ring (bicyclic) bond motifs is 1. The molecule has 0 amide bonds. The molecule has 200 valence electrons. The third-order valence-corrected chi connectivity index (χ3v) is 4.76. The van der Waals surface area contributed by atoms with E-state index in [9.17, 15) is 29.1 Å². The Hall–Kier alpha value is -5.07. The summed E-state index contributed by atoms with van der Waals surface area (Å²) >= 11 is 0. The van der Waals surface area contributed by atoms with Crippen LogP contribution in [-0.2, 0) is 19.2 Å². The molecule has 3 rings (SSSR count). The molecule has 0 aliphatic rings. The van der Waals surface area contributed by atoms with Gasteiger partial charge in [-0.15, -0.1) is 0 Å². The zero-order chi connectivity index (χ0) is 28.3. The van der Waals surface area contributed by atoms with Gasteiger partial charge in [-0.1, -0.05) is 0 Å². The van der Waals surface area contributed by atoms with Gasteiger partial charge in [-0.05, 0) is 18.2 Å². The Labute approximate surface area is 214 Å². The normalized spacial score (nSPS) is 10.5. The SMILES string of the molecule is COc1cc(-c2oc3c(OC)c(OC(C)=O)c(OC(C)=O)c(OC(C)=O)c3c(=O)c2O)ccc1OC(C)=O. The Balaban J connectivity index is 2.49. The van der Waals surface area contributed by atoms with Crippen LogP contribution in [0, 0.1) is 0 Å². The average Bonchev–Trinajstić information content (AvgIpc) is 2.82. The van der Waals surface area contributed by atoms with Crippen LogP contribution in [0.2, 0.25) is 0 Å². The maximum Gasteiger partial charge on any atom is 0.308 e. The number of rotatable bonds is 7. The number of benzene rings is 2. The van der Waals surface area contributed by atoms with Gasteiger partial charge in [-0.2, -0.15) is 0 Å². The molecule has 2 aromatic carbocycles. The summed E-state index contributed by atoms with van der Waals surface area (Å²) < 4.78 is 36.9. The van der Waals surface area contributed by atoms with E-state index in [4.69, 9.17) is 32.8 Å². The zero-order valence-electron chi connectivity index (χ0n) is 21.1. The monoisotopic (exact) mass is 530 g/mol. The molecule has 0 saturated carbocycles. The largest absolute Gasteiger partial charge is 0.502 e. The smallest absolute Gasteiger partial charge is 0.308 e. The van der Waals surface area contributed by atoms with Gasteiger partial charge in [0.1, 0.15) is 5.39 Å². The van der Waals surface area contributed by atoms with Crippen molar-refractivity contribution < 1.29 is 57.1 Å². The highest BCUT2D eigenvalue weighted by atomic mass is 16.6. The van der Waals surface area contributed by atoms with Crippen LogP contribution in [0.25, 0.3) is 22.3 Å². The molecule has 0 spiro atoms. The van der Waals surface area contributed by atoms with Crippen molar-refractivity contribution in [1.29, 1.82) is 0 Å². The van der Waals surface area contributed by atoms with Crippen molar-refractivity contribution in [3.05, 3.63) is 28.4 Å². The van der Waals surface area contributed by atoms with E-state index >= 15 is 0 Å². The Bertz CT molecular complexity index is 1530. The van der Waals surface area contributed by atoms with E-state index in [1.807, 2.05) is 0 Å². The minimum Gasteiger partial charge on any atom is -0.502 e. The first-order chi connectivity index (χ1) is 17.9. The van der Waals surface area contributed by atoms with Crippen LogP contribution in [0.3, 0.4) is 0 Å². The van der Waals surface area contributed by atoms with E-state index in [2.05, 4.69) is 0 Å². The van der Waals surface area contributed by atoms with E-state index in [1.54, 1.807) is 0 Å². The maximum absolute atomic E-state index is 13.4. The Morgan fingerprint density at radius 2 is 1.24 bits per heavy atom. The van der Waals surface area contributed by atoms with E-state index in [0.29, 0.717) is 0 Å². The molecule has 0 aliphatic carbocycles. The lowest BCUT2D eigenvalue weighted by Crippen LogP contribution is -2.15. The predicted octanol–water partition coefficient (Wildman–Crippen LogP) is 2.88. The molecule has 0 saturated heterocycles. The second-order valence-electron chi connectivity index (χ2n) is 7.57. The summed E-state index contributed by atoms with van der Waals surface area (Å²) in [6.07, 6.45) is 0. The molecular weight excluding hydrogens is 508 g/mol. The standard InChI is InChI=1S/C25H22O13/c1-10(26)34-15-8-7-14(9-16(15)32-5)20-19(31)18(30)17-21(38-20)23(33-6)25(37-13(4)29)24(36-12(3)28)22(17)35-11(2)27/h7-9,31H,1-6H3. The van der Waals surface area contributed by atoms with Gasteiger partial charge in [0.2, 0.25) is 28.4 Å². The van der Waals surface area contributed by atoms with Crippen molar-refractivity contribution >= 4 is 34.8 Å². The molecular formula is C25H22O13. The Morgan fingerprint density at radius 1 is 0.711 bits per heavy atom. The molecule has 0 unspecified atom stereocenters. The molecule has 0 atom stereocenters. The van der Waals surface area contributed by atoms with Gasteiger partial charge in [-0.3, -0.25) is 24.0 Å². The summed E-state index contributed by atoms with van der Waals surface area (Å²) in [6.45, 7) is 4.26. The minimum atomic E-state index is -1.11. The van der Waals surface area contributed by atoms with Crippen molar-refractivity contribution in [3.63, 3.8) is 0 Å². The molecule has 13 nitrogen and oxygen atoms in total. The number of methoxy groups -OCH3 is 2. The topological polar surface area (TPSA) is 174 Å². The summed E-state index contributed by atoms with van der Waals surface area (Å²) in [5.41, 5.74) is -1.43. The van der Waals surface area contributed by atoms with Crippen LogP contribution in [0.5, 0.6) is 40.2 Å². The second-order valence-corrected chi connectivity index (χ2v) is 7.57. The molecule has 0 bridgehead atoms. The van der Waals surface area contributed by atoms with Crippen molar-refractivity contribution in [2.45, 2.75) is 27.7 Å². The molecule has 0 fully saturated rings. The van der Waals surface area contributed by atoms with Crippen molar-refractivity contribution in [2.24, 2.45) is 0 Å². The fourth-order valence-electron chi connectivity index (χ4n) is 3.46. The lowest BCUT2D eigenvalue weighted by atomic mass is 10.1. The molecule has 13 heteroatoms. The minimum absolute atomic E-state index is 0.0595. The molecule has 1 heterocycles. The van der Waals surface area contributed by atoms with E-state index in [0.717, 1.165) is 27.9 Å². The van der Waals surface area contributed by atoms with E-state index in [1.165, 1.54) is 32.2 Å². The van der Waals surface area contributed by atoms with Crippen LogP contribution >= 0.6 is 0 Å². The maximum atomic E-state index is 13.4. The molecule has 1 aromatic heterocycles. The predicted molar refractivity (Wildman–Crippen MR) is 128 cm³/mol. The molecule has 0 aliphatic heterocycles. The fraction of sp³-hybridized carbons (Fsp3) is 0.240. The first-order valence-corrected chi connectivity index (χ1v) is 10.7. The van der Waals surface area contributed by atoms with E-state index < -0.39 is 69.0 Å². The number of aromatic hydroxyl groups is 1. The van der Waals surface area contributed by atoms with Gasteiger partial charge < -0.3 is 37.9 Å². The number of esters is 4. The lowest BCUT2D eigenvalue weighted by Gasteiger charge is -2.19. The summed E-state index contributed by atoms with van der Waals surface area (Å²) in [4.78, 5) is 60.4. The van der Waals surface area contributed by atoms with Crippen LogP contribution in [0.15, 0.2) is 27.4 Å². The second kappa shape index (κ2) is 10.9. The molecule has 0 radical (unpaired) electrons. The lowest BCUT2D eigenvalue weighted by molar-refractivity contribution is -0.135. The summed E-state index contributed by atoms with van der Waals surface area (Å²) in [5.74, 6) is -6.73. The van der Waals surface area contributed by atoms with Crippen molar-refractivity contribution in [3.8, 4) is 51.6 Å². The van der Waals surface area contributed by atoms with Crippen LogP contribution < -0.4 is 33.8 Å². The Morgan fingerprint density at radius 3 is 1.74 bits per heavy atom. The third kappa shape index (κ3) is 5.36. The van der Waals surface area contributed by atoms with Crippen molar-refractivity contribution in [1.82, 2.24) is 0 Å². The highest BCUT2D eigenvalue weighted by Gasteiger charge is 2.33. The van der Waals surface area contributed by atoms with Gasteiger partial charge in [-0.25, -0.2) is 0 Å². The highest BCUT2D eigenvalue weighted by Crippen LogP contribution is 2.52. The number of carbonyl (C=O) groups is 4. The first-order valence-electron chi connectivity index (χ1n) is 10.7. The van der Waals surface area contributed by atoms with Gasteiger partial charge in [0.05, 0.1) is 14.2 Å². The first kappa shape index (κ1) is 27.5. The third-order valence-electron chi connectivity index (χ3n) is 4.76. The molecule has 3 aromatic rings. The quantitative estimate of drug-likeness (QED) is 0.349. The number of hydrogen-bond acceptors (Lipinski definition) is 13. The van der Waals surface area contributed by atoms with Crippen molar-refractivity contribution in [2.75, 3.05) is 14.2 Å². The molecule has 38 heavy (non-hydrogen) atoms. The van der Waals surface area contributed by atoms with Crippen LogP contribution in [-0.4, -0.2) is 43.2 Å². The van der Waals surface area contributed by atoms with Crippen LogP contribution in [0.4, 0.5) is 0 Å². The van der Waals surface area contributed by atoms with Crippen LogP contribution in [0.1, 0.15) is 27.7 Å². The fourth-order valence-corrected chi connectivity index (χ4v) is 3.46. The number of ether oxygens (including phenoxy) is 6. The number of hydrogen-bond donors (Lipinski definition) is 1. The Kier molecular flexibility index (Phi) is 7.90. The van der Waals surface area contributed by atoms with Gasteiger partial charge in [0.15, 0.2) is 28.6 Å². The average molecular weight is 530 g/mol. The summed E-state index contributed by atoms with van der Waals surface area (Å²) in [6, 6.07) is 4.03. The zero-order valence-corrected chi connectivity index (χ0v) is 21.1. The van der Waals surface area contributed by atoms with Gasteiger partial charge >= 0.3 is 23.9 Å². The van der Waals surface area contributed by atoms with Gasteiger partial charge in [0, 0.05) is 33.3 Å².